The lowest BCUT2D eigenvalue weighted by molar-refractivity contribution is -0.385. The minimum atomic E-state index is -0.479. The molecule has 1 rings (SSSR count). The van der Waals surface area contributed by atoms with Crippen molar-refractivity contribution in [3.05, 3.63) is 27.8 Å². The molecule has 0 atom stereocenters. The minimum absolute atomic E-state index is 0.0612. The number of nitrogens with one attached hydrogen (secondary N) is 1. The van der Waals surface area contributed by atoms with Crippen LogP contribution in [0.3, 0.4) is 0 Å². The number of hydrogen-bond acceptors (Lipinski definition) is 6. The van der Waals surface area contributed by atoms with Gasteiger partial charge in [-0.2, -0.15) is 0 Å². The minimum Gasteiger partial charge on any atom is -0.493 e. The molecule has 0 saturated heterocycles. The van der Waals surface area contributed by atoms with Crippen molar-refractivity contribution in [2.45, 2.75) is 19.3 Å². The Labute approximate surface area is 128 Å². The van der Waals surface area contributed by atoms with Crippen LogP contribution in [0.25, 0.3) is 0 Å². The fourth-order valence-electron chi connectivity index (χ4n) is 1.97. The highest BCUT2D eigenvalue weighted by molar-refractivity contribution is 5.75. The first-order valence-corrected chi connectivity index (χ1v) is 6.89. The van der Waals surface area contributed by atoms with Crippen molar-refractivity contribution in [1.29, 1.82) is 0 Å². The van der Waals surface area contributed by atoms with E-state index >= 15 is 0 Å². The van der Waals surface area contributed by atoms with Gasteiger partial charge in [-0.25, -0.2) is 0 Å². The molecule has 0 saturated carbocycles. The molecule has 0 aliphatic rings. The second kappa shape index (κ2) is 8.83. The van der Waals surface area contributed by atoms with Gasteiger partial charge >= 0.3 is 0 Å². The first-order valence-electron chi connectivity index (χ1n) is 6.89. The molecule has 0 fully saturated rings. The molecule has 1 amide bonds. The predicted octanol–water partition coefficient (Wildman–Crippen LogP) is 1.01. The Hall–Kier alpha value is -2.35. The molecule has 22 heavy (non-hydrogen) atoms. The van der Waals surface area contributed by atoms with Gasteiger partial charge in [-0.3, -0.25) is 14.9 Å². The van der Waals surface area contributed by atoms with E-state index in [0.29, 0.717) is 49.4 Å². The van der Waals surface area contributed by atoms with Crippen LogP contribution in [0.4, 0.5) is 5.69 Å². The Morgan fingerprint density at radius 1 is 1.32 bits per heavy atom. The van der Waals surface area contributed by atoms with Crippen LogP contribution in [0.2, 0.25) is 0 Å². The molecule has 8 heteroatoms. The highest BCUT2D eigenvalue weighted by Crippen LogP contribution is 2.34. The number of nitro groups is 1. The third kappa shape index (κ3) is 4.88. The summed E-state index contributed by atoms with van der Waals surface area (Å²) < 4.78 is 10.2. The second-order valence-electron chi connectivity index (χ2n) is 4.59. The van der Waals surface area contributed by atoms with Gasteiger partial charge in [-0.1, -0.05) is 0 Å². The quantitative estimate of drug-likeness (QED) is 0.519. The number of carbonyl (C=O) groups excluding carboxylic acids is 1. The molecule has 1 aromatic rings. The Morgan fingerprint density at radius 2 is 1.95 bits per heavy atom. The SMILES string of the molecule is COc1cc(CCNC(=O)CCCN)c([N+](=O)[O-])cc1OC. The predicted molar refractivity (Wildman–Crippen MR) is 81.2 cm³/mol. The lowest BCUT2D eigenvalue weighted by atomic mass is 10.1. The number of nitrogens with two attached hydrogens (primary N) is 1. The molecule has 8 nitrogen and oxygen atoms in total. The van der Waals surface area contributed by atoms with E-state index in [9.17, 15) is 14.9 Å². The van der Waals surface area contributed by atoms with Gasteiger partial charge in [0.05, 0.1) is 25.2 Å². The third-order valence-corrected chi connectivity index (χ3v) is 3.11. The highest BCUT2D eigenvalue weighted by Gasteiger charge is 2.19. The fraction of sp³-hybridized carbons (Fsp3) is 0.500. The van der Waals surface area contributed by atoms with Crippen LogP contribution in [0.5, 0.6) is 11.5 Å². The number of amides is 1. The maximum absolute atomic E-state index is 11.5. The van der Waals surface area contributed by atoms with Crippen molar-refractivity contribution < 1.29 is 19.2 Å². The smallest absolute Gasteiger partial charge is 0.276 e. The van der Waals surface area contributed by atoms with Crippen molar-refractivity contribution in [2.24, 2.45) is 5.73 Å². The maximum Gasteiger partial charge on any atom is 0.276 e. The number of benzene rings is 1. The fourth-order valence-corrected chi connectivity index (χ4v) is 1.97. The standard InChI is InChI=1S/C14H21N3O5/c1-21-12-8-10(5-7-16-14(18)4-3-6-15)11(17(19)20)9-13(12)22-2/h8-9H,3-7,15H2,1-2H3,(H,16,18). The molecule has 0 bridgehead atoms. The van der Waals surface area contributed by atoms with E-state index in [-0.39, 0.29) is 11.6 Å². The van der Waals surface area contributed by atoms with E-state index in [1.807, 2.05) is 0 Å². The van der Waals surface area contributed by atoms with Crippen LogP contribution in [-0.2, 0) is 11.2 Å². The molecule has 0 heterocycles. The summed E-state index contributed by atoms with van der Waals surface area (Å²) in [5, 5.41) is 13.8. The first-order chi connectivity index (χ1) is 10.5. The lowest BCUT2D eigenvalue weighted by Crippen LogP contribution is -2.26. The van der Waals surface area contributed by atoms with Crippen LogP contribution in [0, 0.1) is 10.1 Å². The molecular formula is C14H21N3O5. The average Bonchev–Trinajstić information content (AvgIpc) is 2.51. The van der Waals surface area contributed by atoms with E-state index in [0.717, 1.165) is 0 Å². The van der Waals surface area contributed by atoms with Crippen molar-refractivity contribution >= 4 is 11.6 Å². The number of nitro benzene ring substituents is 1. The van der Waals surface area contributed by atoms with Gasteiger partial charge in [0.2, 0.25) is 5.91 Å². The molecule has 0 aromatic heterocycles. The molecule has 0 radical (unpaired) electrons. The molecule has 0 spiro atoms. The van der Waals surface area contributed by atoms with Crippen molar-refractivity contribution in [2.75, 3.05) is 27.3 Å². The third-order valence-electron chi connectivity index (χ3n) is 3.11. The first kappa shape index (κ1) is 17.7. The summed E-state index contributed by atoms with van der Waals surface area (Å²) >= 11 is 0. The zero-order valence-electron chi connectivity index (χ0n) is 12.8. The lowest BCUT2D eigenvalue weighted by Gasteiger charge is -2.11. The molecule has 0 unspecified atom stereocenters. The topological polar surface area (TPSA) is 117 Å². The summed E-state index contributed by atoms with van der Waals surface area (Å²) in [6.45, 7) is 0.758. The highest BCUT2D eigenvalue weighted by atomic mass is 16.6. The van der Waals surface area contributed by atoms with Crippen LogP contribution in [0.1, 0.15) is 18.4 Å². The number of nitrogens with zero attached hydrogens (tertiary/aromatic N) is 1. The largest absolute Gasteiger partial charge is 0.493 e. The summed E-state index contributed by atoms with van der Waals surface area (Å²) in [5.41, 5.74) is 5.74. The Kier molecular flexibility index (Phi) is 7.11. The number of rotatable bonds is 9. The van der Waals surface area contributed by atoms with Crippen molar-refractivity contribution in [3.8, 4) is 11.5 Å². The van der Waals surface area contributed by atoms with E-state index < -0.39 is 4.92 Å². The van der Waals surface area contributed by atoms with Crippen LogP contribution in [0.15, 0.2) is 12.1 Å². The average molecular weight is 311 g/mol. The molecule has 1 aromatic carbocycles. The van der Waals surface area contributed by atoms with Crippen LogP contribution in [-0.4, -0.2) is 38.1 Å². The number of ether oxygens (including phenoxy) is 2. The van der Waals surface area contributed by atoms with E-state index in [2.05, 4.69) is 5.32 Å². The van der Waals surface area contributed by atoms with Crippen molar-refractivity contribution in [3.63, 3.8) is 0 Å². The Morgan fingerprint density at radius 3 is 2.50 bits per heavy atom. The van der Waals surface area contributed by atoms with Crippen LogP contribution < -0.4 is 20.5 Å². The summed E-state index contributed by atoms with van der Waals surface area (Å²) in [6, 6.07) is 2.88. The zero-order chi connectivity index (χ0) is 16.5. The van der Waals surface area contributed by atoms with Gasteiger partial charge in [0.1, 0.15) is 0 Å². The molecule has 0 aliphatic heterocycles. The summed E-state index contributed by atoms with van der Waals surface area (Å²) in [4.78, 5) is 22.1. The van der Waals surface area contributed by atoms with Gasteiger partial charge in [0, 0.05) is 18.5 Å². The summed E-state index contributed by atoms with van der Waals surface area (Å²) in [7, 11) is 2.88. The monoisotopic (exact) mass is 311 g/mol. The van der Waals surface area contributed by atoms with Crippen molar-refractivity contribution in [1.82, 2.24) is 5.32 Å². The van der Waals surface area contributed by atoms with E-state index in [1.165, 1.54) is 20.3 Å². The second-order valence-corrected chi connectivity index (χ2v) is 4.59. The molecule has 0 aliphatic carbocycles. The van der Waals surface area contributed by atoms with Gasteiger partial charge in [-0.15, -0.1) is 0 Å². The summed E-state index contributed by atoms with van der Waals surface area (Å²) in [5.74, 6) is 0.594. The number of methoxy groups -OCH3 is 2. The van der Waals surface area contributed by atoms with Gasteiger partial charge in [0.15, 0.2) is 11.5 Å². The van der Waals surface area contributed by atoms with Gasteiger partial charge < -0.3 is 20.5 Å². The van der Waals surface area contributed by atoms with E-state index in [4.69, 9.17) is 15.2 Å². The molecule has 122 valence electrons. The van der Waals surface area contributed by atoms with Gasteiger partial charge in [-0.05, 0) is 25.5 Å². The number of carbonyl (C=O) groups is 1. The zero-order valence-corrected chi connectivity index (χ0v) is 12.8. The van der Waals surface area contributed by atoms with E-state index in [1.54, 1.807) is 6.07 Å². The molecule has 3 N–H and O–H groups in total. The Balaban J connectivity index is 2.80. The Bertz CT molecular complexity index is 533. The summed E-state index contributed by atoms with van der Waals surface area (Å²) in [6.07, 6.45) is 1.29. The van der Waals surface area contributed by atoms with Crippen LogP contribution >= 0.6 is 0 Å². The number of hydrogen-bond donors (Lipinski definition) is 2. The van der Waals surface area contributed by atoms with Gasteiger partial charge in [0.25, 0.3) is 5.69 Å². The maximum atomic E-state index is 11.5. The molecular weight excluding hydrogens is 290 g/mol. The normalized spacial score (nSPS) is 10.1.